The van der Waals surface area contributed by atoms with Gasteiger partial charge in [0, 0.05) is 18.5 Å². The van der Waals surface area contributed by atoms with Gasteiger partial charge in [-0.15, -0.1) is 5.10 Å². The molecule has 0 spiro atoms. The molecule has 0 atom stereocenters. The first-order chi connectivity index (χ1) is 9.37. The smallest absolute Gasteiger partial charge is 0.389 e. The number of nitrogens with zero attached hydrogens (tertiary/aromatic N) is 4. The SMILES string of the molecule is Nc1ccc(-c2nnnn2CCCC(F)(F)F)cc1Cl. The van der Waals surface area contributed by atoms with Crippen molar-refractivity contribution in [2.24, 2.45) is 0 Å². The Balaban J connectivity index is 2.14. The second-order valence-corrected chi connectivity index (χ2v) is 4.59. The Bertz CT molecular complexity index is 596. The average molecular weight is 306 g/mol. The van der Waals surface area contributed by atoms with Crippen LogP contribution in [0.1, 0.15) is 12.8 Å². The molecular formula is C11H11ClF3N5. The summed E-state index contributed by atoms with van der Waals surface area (Å²) in [6, 6.07) is 4.82. The van der Waals surface area contributed by atoms with Crippen LogP contribution in [0.15, 0.2) is 18.2 Å². The Kier molecular flexibility index (Phi) is 4.12. The van der Waals surface area contributed by atoms with Crippen LogP contribution in [-0.2, 0) is 6.54 Å². The first-order valence-corrected chi connectivity index (χ1v) is 6.13. The van der Waals surface area contributed by atoms with E-state index in [1.54, 1.807) is 18.2 Å². The highest BCUT2D eigenvalue weighted by molar-refractivity contribution is 6.33. The van der Waals surface area contributed by atoms with E-state index in [2.05, 4.69) is 15.5 Å². The third-order valence-corrected chi connectivity index (χ3v) is 2.95. The van der Waals surface area contributed by atoms with E-state index < -0.39 is 12.6 Å². The Hall–Kier alpha value is -1.83. The number of alkyl halides is 3. The van der Waals surface area contributed by atoms with E-state index in [-0.39, 0.29) is 13.0 Å². The minimum Gasteiger partial charge on any atom is -0.398 e. The van der Waals surface area contributed by atoms with Gasteiger partial charge < -0.3 is 5.73 Å². The molecule has 0 radical (unpaired) electrons. The minimum atomic E-state index is -4.18. The number of tetrazole rings is 1. The fourth-order valence-electron chi connectivity index (χ4n) is 1.66. The molecular weight excluding hydrogens is 295 g/mol. The van der Waals surface area contributed by atoms with Crippen LogP contribution in [0.5, 0.6) is 0 Å². The Morgan fingerprint density at radius 3 is 2.70 bits per heavy atom. The lowest BCUT2D eigenvalue weighted by atomic mass is 10.2. The van der Waals surface area contributed by atoms with E-state index in [4.69, 9.17) is 17.3 Å². The van der Waals surface area contributed by atoms with Crippen molar-refractivity contribution in [2.45, 2.75) is 25.6 Å². The molecule has 1 aromatic carbocycles. The van der Waals surface area contributed by atoms with Crippen molar-refractivity contribution in [3.8, 4) is 11.4 Å². The number of rotatable bonds is 4. The lowest BCUT2D eigenvalue weighted by molar-refractivity contribution is -0.136. The first-order valence-electron chi connectivity index (χ1n) is 5.75. The summed E-state index contributed by atoms with van der Waals surface area (Å²) in [5.74, 6) is 0.356. The fourth-order valence-corrected chi connectivity index (χ4v) is 1.84. The van der Waals surface area contributed by atoms with Gasteiger partial charge >= 0.3 is 6.18 Å². The number of hydrogen-bond donors (Lipinski definition) is 1. The molecule has 0 unspecified atom stereocenters. The van der Waals surface area contributed by atoms with Gasteiger partial charge in [0.05, 0.1) is 10.7 Å². The van der Waals surface area contributed by atoms with Gasteiger partial charge in [0.25, 0.3) is 0 Å². The number of anilines is 1. The molecule has 1 aromatic heterocycles. The van der Waals surface area contributed by atoms with Crippen LogP contribution in [0, 0.1) is 0 Å². The number of nitrogens with two attached hydrogens (primary N) is 1. The Morgan fingerprint density at radius 1 is 1.30 bits per heavy atom. The van der Waals surface area contributed by atoms with Crippen molar-refractivity contribution in [3.05, 3.63) is 23.2 Å². The van der Waals surface area contributed by atoms with Crippen LogP contribution >= 0.6 is 11.6 Å². The van der Waals surface area contributed by atoms with Gasteiger partial charge in [0.15, 0.2) is 5.82 Å². The predicted molar refractivity (Wildman–Crippen MR) is 68.0 cm³/mol. The van der Waals surface area contributed by atoms with Gasteiger partial charge in [-0.3, -0.25) is 0 Å². The molecule has 2 N–H and O–H groups in total. The number of aryl methyl sites for hydroxylation is 1. The van der Waals surface area contributed by atoms with E-state index in [1.165, 1.54) is 4.68 Å². The van der Waals surface area contributed by atoms with Crippen molar-refractivity contribution in [1.82, 2.24) is 20.2 Å². The number of aromatic nitrogens is 4. The number of halogens is 4. The van der Waals surface area contributed by atoms with Crippen LogP contribution in [0.4, 0.5) is 18.9 Å². The molecule has 0 aliphatic heterocycles. The summed E-state index contributed by atoms with van der Waals surface area (Å²) in [7, 11) is 0. The van der Waals surface area contributed by atoms with Crippen LogP contribution in [0.25, 0.3) is 11.4 Å². The third kappa shape index (κ3) is 3.60. The van der Waals surface area contributed by atoms with Crippen molar-refractivity contribution < 1.29 is 13.2 Å². The van der Waals surface area contributed by atoms with Gasteiger partial charge in [0.2, 0.25) is 0 Å². The van der Waals surface area contributed by atoms with Crippen LogP contribution in [0.2, 0.25) is 5.02 Å². The van der Waals surface area contributed by atoms with E-state index >= 15 is 0 Å². The maximum absolute atomic E-state index is 12.1. The highest BCUT2D eigenvalue weighted by Crippen LogP contribution is 2.26. The molecule has 1 heterocycles. The largest absolute Gasteiger partial charge is 0.398 e. The van der Waals surface area contributed by atoms with Gasteiger partial charge in [-0.1, -0.05) is 11.6 Å². The second kappa shape index (κ2) is 5.66. The van der Waals surface area contributed by atoms with Gasteiger partial charge in [-0.05, 0) is 35.0 Å². The minimum absolute atomic E-state index is 0.0733. The zero-order chi connectivity index (χ0) is 14.8. The average Bonchev–Trinajstić information content (AvgIpc) is 2.79. The zero-order valence-corrected chi connectivity index (χ0v) is 11.0. The molecule has 0 aliphatic rings. The van der Waals surface area contributed by atoms with Gasteiger partial charge in [-0.2, -0.15) is 13.2 Å². The molecule has 9 heteroatoms. The number of nitrogen functional groups attached to an aromatic ring is 1. The second-order valence-electron chi connectivity index (χ2n) is 4.18. The molecule has 0 bridgehead atoms. The van der Waals surface area contributed by atoms with E-state index in [1.807, 2.05) is 0 Å². The molecule has 0 amide bonds. The highest BCUT2D eigenvalue weighted by atomic mass is 35.5. The molecule has 0 saturated heterocycles. The summed E-state index contributed by atoms with van der Waals surface area (Å²) in [4.78, 5) is 0. The lowest BCUT2D eigenvalue weighted by Crippen LogP contribution is -2.10. The lowest BCUT2D eigenvalue weighted by Gasteiger charge is -2.07. The maximum atomic E-state index is 12.1. The van der Waals surface area contributed by atoms with E-state index in [0.717, 1.165) is 0 Å². The van der Waals surface area contributed by atoms with Crippen LogP contribution < -0.4 is 5.73 Å². The van der Waals surface area contributed by atoms with Crippen molar-refractivity contribution in [3.63, 3.8) is 0 Å². The monoisotopic (exact) mass is 305 g/mol. The topological polar surface area (TPSA) is 69.6 Å². The number of hydrogen-bond acceptors (Lipinski definition) is 4. The molecule has 0 aliphatic carbocycles. The normalized spacial score (nSPS) is 11.8. The Labute approximate surface area is 117 Å². The summed E-state index contributed by atoms with van der Waals surface area (Å²) in [5, 5.41) is 11.3. The zero-order valence-electron chi connectivity index (χ0n) is 10.2. The summed E-state index contributed by atoms with van der Waals surface area (Å²) in [6.07, 6.45) is -5.16. The quantitative estimate of drug-likeness (QED) is 0.882. The first kappa shape index (κ1) is 14.6. The maximum Gasteiger partial charge on any atom is 0.389 e. The van der Waals surface area contributed by atoms with Crippen LogP contribution in [-0.4, -0.2) is 26.4 Å². The molecule has 0 saturated carbocycles. The van der Waals surface area contributed by atoms with Crippen LogP contribution in [0.3, 0.4) is 0 Å². The molecule has 108 valence electrons. The molecule has 5 nitrogen and oxygen atoms in total. The van der Waals surface area contributed by atoms with Gasteiger partial charge in [-0.25, -0.2) is 4.68 Å². The van der Waals surface area contributed by atoms with E-state index in [9.17, 15) is 13.2 Å². The molecule has 20 heavy (non-hydrogen) atoms. The molecule has 0 fully saturated rings. The van der Waals surface area contributed by atoms with Crippen molar-refractivity contribution in [2.75, 3.05) is 5.73 Å². The van der Waals surface area contributed by atoms with Crippen molar-refractivity contribution in [1.29, 1.82) is 0 Å². The summed E-state index contributed by atoms with van der Waals surface area (Å²) in [5.41, 5.74) is 6.60. The Morgan fingerprint density at radius 2 is 2.05 bits per heavy atom. The number of benzene rings is 1. The standard InChI is InChI=1S/C11H11ClF3N5/c12-8-6-7(2-3-9(8)16)10-17-18-19-20(10)5-1-4-11(13,14)15/h2-3,6H,1,4-5,16H2. The fraction of sp³-hybridized carbons (Fsp3) is 0.364. The summed E-state index contributed by atoms with van der Waals surface area (Å²) in [6.45, 7) is 0.0733. The van der Waals surface area contributed by atoms with E-state index in [0.29, 0.717) is 22.1 Å². The molecule has 2 aromatic rings. The van der Waals surface area contributed by atoms with Crippen molar-refractivity contribution >= 4 is 17.3 Å². The summed E-state index contributed by atoms with van der Waals surface area (Å²) >= 11 is 5.90. The molecule has 2 rings (SSSR count). The summed E-state index contributed by atoms with van der Waals surface area (Å²) < 4.78 is 37.7. The highest BCUT2D eigenvalue weighted by Gasteiger charge is 2.26. The van der Waals surface area contributed by atoms with Gasteiger partial charge in [0.1, 0.15) is 0 Å². The predicted octanol–water partition coefficient (Wildman–Crippen LogP) is 2.92. The third-order valence-electron chi connectivity index (χ3n) is 2.62.